The van der Waals surface area contributed by atoms with Gasteiger partial charge >= 0.3 is 0 Å². The predicted octanol–water partition coefficient (Wildman–Crippen LogP) is 9.05. The van der Waals surface area contributed by atoms with E-state index in [-0.39, 0.29) is 0 Å². The molecule has 2 fully saturated rings. The number of unbranched alkanes of at least 4 members (excludes halogenated alkanes) is 1. The molecule has 6 atom stereocenters. The molecule has 2 rings (SSSR count). The number of rotatable bonds is 8. The summed E-state index contributed by atoms with van der Waals surface area (Å²) in [5.74, 6) is 3.63. The van der Waals surface area contributed by atoms with Gasteiger partial charge in [-0.3, -0.25) is 0 Å². The fourth-order valence-corrected chi connectivity index (χ4v) is 6.96. The SMILES string of the molecule is C=C(C)C1CCC2C(CC)C(C(C)(CCC)CCCC)CC12C.CCC. The lowest BCUT2D eigenvalue weighted by atomic mass is 9.64. The van der Waals surface area contributed by atoms with Crippen LogP contribution in [0.5, 0.6) is 0 Å². The topological polar surface area (TPSA) is 0 Å². The normalized spacial score (nSPS) is 35.4. The van der Waals surface area contributed by atoms with Crippen molar-refractivity contribution in [2.75, 3.05) is 0 Å². The lowest BCUT2D eigenvalue weighted by Crippen LogP contribution is -2.32. The highest BCUT2D eigenvalue weighted by molar-refractivity contribution is 5.15. The predicted molar refractivity (Wildman–Crippen MR) is 120 cm³/mol. The van der Waals surface area contributed by atoms with E-state index in [1.54, 1.807) is 0 Å². The minimum atomic E-state index is 0.540. The first-order valence-electron chi connectivity index (χ1n) is 11.9. The molecule has 0 aliphatic heterocycles. The third-order valence-electron chi connectivity index (χ3n) is 7.99. The first-order chi connectivity index (χ1) is 12.2. The van der Waals surface area contributed by atoms with Gasteiger partial charge in [-0.25, -0.2) is 0 Å². The molecule has 0 saturated heterocycles. The molecule has 0 radical (unpaired) electrons. The average molecular weight is 363 g/mol. The van der Waals surface area contributed by atoms with Crippen molar-refractivity contribution in [3.63, 3.8) is 0 Å². The fraction of sp³-hybridized carbons (Fsp3) is 0.923. The van der Waals surface area contributed by atoms with Crippen LogP contribution in [0.2, 0.25) is 0 Å². The highest BCUT2D eigenvalue weighted by Crippen LogP contribution is 2.67. The highest BCUT2D eigenvalue weighted by Gasteiger charge is 2.59. The summed E-state index contributed by atoms with van der Waals surface area (Å²) in [6.45, 7) is 23.4. The maximum atomic E-state index is 4.37. The van der Waals surface area contributed by atoms with Gasteiger partial charge in [0.25, 0.3) is 0 Å². The summed E-state index contributed by atoms with van der Waals surface area (Å²) < 4.78 is 0. The van der Waals surface area contributed by atoms with Gasteiger partial charge in [0.05, 0.1) is 0 Å². The van der Waals surface area contributed by atoms with Gasteiger partial charge in [0.2, 0.25) is 0 Å². The molecule has 2 saturated carbocycles. The molecule has 26 heavy (non-hydrogen) atoms. The summed E-state index contributed by atoms with van der Waals surface area (Å²) in [4.78, 5) is 0. The van der Waals surface area contributed by atoms with Crippen LogP contribution in [0.1, 0.15) is 120 Å². The number of hydrogen-bond donors (Lipinski definition) is 0. The standard InChI is InChI=1S/C23H42.C3H8/c1-8-11-15-22(6,14-9-2)21-16-23(7)19(17(4)5)12-13-20(23)18(21)10-3;1-3-2/h18-21H,4,8-16H2,1-3,5-7H3;3H2,1-2H3. The molecular formula is C26H50. The molecule has 6 unspecified atom stereocenters. The van der Waals surface area contributed by atoms with E-state index in [9.17, 15) is 0 Å². The molecule has 0 spiro atoms. The van der Waals surface area contributed by atoms with Crippen molar-refractivity contribution in [1.29, 1.82) is 0 Å². The highest BCUT2D eigenvalue weighted by atomic mass is 14.6. The molecule has 0 aromatic carbocycles. The molecule has 0 bridgehead atoms. The van der Waals surface area contributed by atoms with E-state index in [0.717, 1.165) is 23.7 Å². The van der Waals surface area contributed by atoms with E-state index in [4.69, 9.17) is 0 Å². The summed E-state index contributed by atoms with van der Waals surface area (Å²) in [7, 11) is 0. The molecule has 0 N–H and O–H groups in total. The average Bonchev–Trinajstić information content (AvgIpc) is 3.05. The molecule has 0 heteroatoms. The molecule has 2 aliphatic rings. The van der Waals surface area contributed by atoms with Gasteiger partial charge in [0, 0.05) is 0 Å². The Morgan fingerprint density at radius 3 is 2.12 bits per heavy atom. The Kier molecular flexibility index (Phi) is 9.45. The molecule has 154 valence electrons. The van der Waals surface area contributed by atoms with Crippen LogP contribution < -0.4 is 0 Å². The van der Waals surface area contributed by atoms with Crippen LogP contribution in [0.4, 0.5) is 0 Å². The zero-order valence-corrected chi connectivity index (χ0v) is 19.6. The van der Waals surface area contributed by atoms with Crippen molar-refractivity contribution in [3.8, 4) is 0 Å². The van der Waals surface area contributed by atoms with E-state index < -0.39 is 0 Å². The maximum Gasteiger partial charge on any atom is -0.0152 e. The third kappa shape index (κ3) is 4.77. The Bertz CT molecular complexity index is 422. The molecule has 0 amide bonds. The third-order valence-corrected chi connectivity index (χ3v) is 7.99. The zero-order valence-electron chi connectivity index (χ0n) is 19.6. The number of hydrogen-bond acceptors (Lipinski definition) is 0. The van der Waals surface area contributed by atoms with Crippen molar-refractivity contribution in [3.05, 3.63) is 12.2 Å². The second kappa shape index (κ2) is 10.3. The first-order valence-corrected chi connectivity index (χ1v) is 11.9. The smallest absolute Gasteiger partial charge is 0.0152 e. The van der Waals surface area contributed by atoms with E-state index in [2.05, 4.69) is 62.0 Å². The maximum absolute atomic E-state index is 4.37. The quantitative estimate of drug-likeness (QED) is 0.378. The Morgan fingerprint density at radius 1 is 1.04 bits per heavy atom. The minimum absolute atomic E-state index is 0.540. The Morgan fingerprint density at radius 2 is 1.65 bits per heavy atom. The summed E-state index contributed by atoms with van der Waals surface area (Å²) in [5, 5.41) is 0. The van der Waals surface area contributed by atoms with Gasteiger partial charge in [0.1, 0.15) is 0 Å². The molecule has 2 aliphatic carbocycles. The fourth-order valence-electron chi connectivity index (χ4n) is 6.96. The van der Waals surface area contributed by atoms with E-state index >= 15 is 0 Å². The van der Waals surface area contributed by atoms with Crippen LogP contribution in [0, 0.1) is 34.5 Å². The van der Waals surface area contributed by atoms with Crippen LogP contribution in [0.15, 0.2) is 12.2 Å². The van der Waals surface area contributed by atoms with Crippen LogP contribution in [0.25, 0.3) is 0 Å². The summed E-state index contributed by atoms with van der Waals surface area (Å²) in [5.41, 5.74) is 2.56. The Hall–Kier alpha value is -0.260. The van der Waals surface area contributed by atoms with Crippen molar-refractivity contribution in [1.82, 2.24) is 0 Å². The second-order valence-electron chi connectivity index (χ2n) is 10.2. The van der Waals surface area contributed by atoms with Crippen molar-refractivity contribution in [2.24, 2.45) is 34.5 Å². The Balaban J connectivity index is 0.00000105. The van der Waals surface area contributed by atoms with Gasteiger partial charge in [0.15, 0.2) is 0 Å². The molecule has 0 aromatic rings. The van der Waals surface area contributed by atoms with E-state index in [0.29, 0.717) is 10.8 Å². The lowest BCUT2D eigenvalue weighted by molar-refractivity contribution is 0.0925. The Labute approximate surface area is 166 Å². The van der Waals surface area contributed by atoms with Crippen molar-refractivity contribution >= 4 is 0 Å². The van der Waals surface area contributed by atoms with Gasteiger partial charge in [-0.15, -0.1) is 0 Å². The number of fused-ring (bicyclic) bond motifs is 1. The molecule has 0 heterocycles. The second-order valence-corrected chi connectivity index (χ2v) is 10.2. The molecule has 0 nitrogen and oxygen atoms in total. The van der Waals surface area contributed by atoms with Crippen LogP contribution in [-0.2, 0) is 0 Å². The molecular weight excluding hydrogens is 312 g/mol. The summed E-state index contributed by atoms with van der Waals surface area (Å²) in [6, 6.07) is 0. The first kappa shape index (κ1) is 23.8. The summed E-state index contributed by atoms with van der Waals surface area (Å²) >= 11 is 0. The monoisotopic (exact) mass is 362 g/mol. The van der Waals surface area contributed by atoms with Gasteiger partial charge in [-0.1, -0.05) is 92.7 Å². The van der Waals surface area contributed by atoms with E-state index in [1.807, 2.05) is 0 Å². The van der Waals surface area contributed by atoms with Crippen LogP contribution in [-0.4, -0.2) is 0 Å². The summed E-state index contributed by atoms with van der Waals surface area (Å²) in [6.07, 6.45) is 13.9. The van der Waals surface area contributed by atoms with Gasteiger partial charge in [-0.05, 0) is 73.5 Å². The van der Waals surface area contributed by atoms with Crippen LogP contribution >= 0.6 is 0 Å². The lowest BCUT2D eigenvalue weighted by Gasteiger charge is -2.41. The van der Waals surface area contributed by atoms with Crippen molar-refractivity contribution in [2.45, 2.75) is 120 Å². The van der Waals surface area contributed by atoms with Crippen molar-refractivity contribution < 1.29 is 0 Å². The van der Waals surface area contributed by atoms with Crippen LogP contribution in [0.3, 0.4) is 0 Å². The van der Waals surface area contributed by atoms with Gasteiger partial charge < -0.3 is 0 Å². The molecule has 0 aromatic heterocycles. The van der Waals surface area contributed by atoms with Gasteiger partial charge in [-0.2, -0.15) is 0 Å². The van der Waals surface area contributed by atoms with E-state index in [1.165, 1.54) is 69.8 Å². The zero-order chi connectivity index (χ0) is 20.0. The largest absolute Gasteiger partial charge is 0.0998 e. The minimum Gasteiger partial charge on any atom is -0.0998 e. The number of allylic oxidation sites excluding steroid dienone is 1.